The highest BCUT2D eigenvalue weighted by Crippen LogP contribution is 2.40. The van der Waals surface area contributed by atoms with Gasteiger partial charge in [-0.3, -0.25) is 9.79 Å². The van der Waals surface area contributed by atoms with Crippen LogP contribution in [0.1, 0.15) is 5.56 Å². The van der Waals surface area contributed by atoms with Crippen LogP contribution in [0.3, 0.4) is 0 Å². The van der Waals surface area contributed by atoms with Crippen molar-refractivity contribution in [1.82, 2.24) is 0 Å². The van der Waals surface area contributed by atoms with E-state index in [0.29, 0.717) is 22.4 Å². The number of hydrogen-bond acceptors (Lipinski definition) is 9. The minimum absolute atomic E-state index is 0.00113. The molecule has 2 atom stereocenters. The summed E-state index contributed by atoms with van der Waals surface area (Å²) in [6.07, 6.45) is 0. The van der Waals surface area contributed by atoms with Crippen molar-refractivity contribution < 1.29 is 27.4 Å². The Labute approximate surface area is 191 Å². The van der Waals surface area contributed by atoms with Crippen LogP contribution in [0.2, 0.25) is 0 Å². The number of ether oxygens (including phenoxy) is 3. The lowest BCUT2D eigenvalue weighted by Crippen LogP contribution is -2.39. The van der Waals surface area contributed by atoms with Crippen LogP contribution in [0.15, 0.2) is 53.5 Å². The number of anilines is 1. The van der Waals surface area contributed by atoms with Crippen LogP contribution in [-0.2, 0) is 26.0 Å². The Morgan fingerprint density at radius 1 is 1.12 bits per heavy atom. The third kappa shape index (κ3) is 4.86. The number of methoxy groups -OCH3 is 2. The maximum Gasteiger partial charge on any atom is 0.316 e. The number of hydrogen-bond donors (Lipinski definition) is 0. The maximum absolute atomic E-state index is 12.3. The van der Waals surface area contributed by atoms with E-state index in [-0.39, 0.29) is 41.9 Å². The maximum atomic E-state index is 12.3. The first kappa shape index (κ1) is 22.5. The predicted octanol–water partition coefficient (Wildman–Crippen LogP) is 2.52. The quantitative estimate of drug-likeness (QED) is 0.563. The van der Waals surface area contributed by atoms with Crippen molar-refractivity contribution in [2.24, 2.45) is 4.99 Å². The number of rotatable bonds is 7. The van der Waals surface area contributed by atoms with Crippen LogP contribution in [0, 0.1) is 0 Å². The zero-order valence-electron chi connectivity index (χ0n) is 17.8. The average Bonchev–Trinajstić information content (AvgIpc) is 3.27. The summed E-state index contributed by atoms with van der Waals surface area (Å²) < 4.78 is 40.6. The number of carbonyl (C=O) groups is 1. The molecule has 2 aliphatic heterocycles. The first-order valence-corrected chi connectivity index (χ1v) is 12.8. The monoisotopic (exact) mass is 476 g/mol. The molecule has 10 heteroatoms. The number of esters is 1. The summed E-state index contributed by atoms with van der Waals surface area (Å²) in [5.74, 6) is 0.846. The molecule has 2 aromatic carbocycles. The average molecular weight is 477 g/mol. The molecule has 32 heavy (non-hydrogen) atoms. The summed E-state index contributed by atoms with van der Waals surface area (Å²) in [4.78, 5) is 18.8. The lowest BCUT2D eigenvalue weighted by atomic mass is 10.1. The molecular weight excluding hydrogens is 452 g/mol. The Kier molecular flexibility index (Phi) is 6.61. The van der Waals surface area contributed by atoms with E-state index in [9.17, 15) is 13.2 Å². The lowest BCUT2D eigenvalue weighted by Gasteiger charge is -2.28. The van der Waals surface area contributed by atoms with Crippen LogP contribution < -0.4 is 14.4 Å². The van der Waals surface area contributed by atoms with Gasteiger partial charge in [-0.2, -0.15) is 0 Å². The molecule has 2 aliphatic rings. The van der Waals surface area contributed by atoms with E-state index in [1.54, 1.807) is 26.4 Å². The zero-order chi connectivity index (χ0) is 22.7. The minimum Gasteiger partial charge on any atom is -0.497 e. The molecule has 1 fully saturated rings. The first-order valence-electron chi connectivity index (χ1n) is 10.0. The molecule has 0 spiro atoms. The molecule has 1 saturated heterocycles. The third-order valence-corrected chi connectivity index (χ3v) is 7.95. The summed E-state index contributed by atoms with van der Waals surface area (Å²) in [6.45, 7) is 0.201. The predicted molar refractivity (Wildman–Crippen MR) is 124 cm³/mol. The normalized spacial score (nSPS) is 21.1. The second kappa shape index (κ2) is 9.41. The van der Waals surface area contributed by atoms with Crippen molar-refractivity contribution in [3.8, 4) is 11.5 Å². The van der Waals surface area contributed by atoms with Crippen LogP contribution >= 0.6 is 11.8 Å². The number of thioether (sulfide) groups is 1. The molecule has 0 N–H and O–H groups in total. The van der Waals surface area contributed by atoms with Crippen molar-refractivity contribution in [1.29, 1.82) is 0 Å². The number of amidine groups is 1. The van der Waals surface area contributed by atoms with Gasteiger partial charge in [0, 0.05) is 6.07 Å². The van der Waals surface area contributed by atoms with Gasteiger partial charge in [0.1, 0.15) is 18.1 Å². The van der Waals surface area contributed by atoms with Gasteiger partial charge in [0.15, 0.2) is 15.0 Å². The fourth-order valence-electron chi connectivity index (χ4n) is 3.80. The summed E-state index contributed by atoms with van der Waals surface area (Å²) in [5, 5.41) is 0.579. The Hall–Kier alpha value is -2.72. The Morgan fingerprint density at radius 3 is 2.62 bits per heavy atom. The van der Waals surface area contributed by atoms with Crippen molar-refractivity contribution in [3.63, 3.8) is 0 Å². The van der Waals surface area contributed by atoms with Gasteiger partial charge in [-0.25, -0.2) is 8.42 Å². The van der Waals surface area contributed by atoms with Crippen molar-refractivity contribution in [2.75, 3.05) is 36.4 Å². The molecule has 0 bridgehead atoms. The molecule has 2 aromatic rings. The van der Waals surface area contributed by atoms with Gasteiger partial charge in [0.05, 0.1) is 49.2 Å². The molecule has 0 aliphatic carbocycles. The molecule has 4 rings (SSSR count). The Balaban J connectivity index is 1.51. The highest BCUT2D eigenvalue weighted by molar-refractivity contribution is 8.14. The fraction of sp³-hybridized carbons (Fsp3) is 0.364. The van der Waals surface area contributed by atoms with E-state index in [2.05, 4.69) is 4.99 Å². The highest BCUT2D eigenvalue weighted by Gasteiger charge is 2.47. The summed E-state index contributed by atoms with van der Waals surface area (Å²) in [6, 6.07) is 14.1. The fourth-order valence-corrected chi connectivity index (χ4v) is 6.56. The van der Waals surface area contributed by atoms with Gasteiger partial charge in [-0.05, 0) is 17.7 Å². The molecule has 0 saturated carbocycles. The highest BCUT2D eigenvalue weighted by atomic mass is 32.2. The molecule has 0 amide bonds. The molecule has 0 aromatic heterocycles. The van der Waals surface area contributed by atoms with Crippen LogP contribution in [-0.4, -0.2) is 63.1 Å². The van der Waals surface area contributed by atoms with Gasteiger partial charge in [0.2, 0.25) is 0 Å². The SMILES string of the molecule is COc1ccc(N2C(SCC(=O)OCc3ccccc3)=NC3CS(=O)(=O)CC32)c(OC)c1. The second-order valence-corrected chi connectivity index (χ2v) is 10.6. The lowest BCUT2D eigenvalue weighted by molar-refractivity contribution is -0.141. The number of sulfone groups is 1. The molecule has 170 valence electrons. The smallest absolute Gasteiger partial charge is 0.316 e. The number of nitrogens with zero attached hydrogens (tertiary/aromatic N) is 2. The molecule has 0 radical (unpaired) electrons. The molecule has 2 unspecified atom stereocenters. The van der Waals surface area contributed by atoms with Crippen molar-refractivity contribution in [2.45, 2.75) is 18.7 Å². The number of fused-ring (bicyclic) bond motifs is 1. The third-order valence-electron chi connectivity index (χ3n) is 5.32. The van der Waals surface area contributed by atoms with Crippen LogP contribution in [0.4, 0.5) is 5.69 Å². The standard InChI is InChI=1S/C22H24N2O6S2/c1-28-16-8-9-18(20(10-16)29-2)24-19-14-32(26,27)13-17(19)23-22(24)31-12-21(25)30-11-15-6-4-3-5-7-15/h3-10,17,19H,11-14H2,1-2H3. The van der Waals surface area contributed by atoms with Crippen LogP contribution in [0.5, 0.6) is 11.5 Å². The van der Waals surface area contributed by atoms with Gasteiger partial charge >= 0.3 is 5.97 Å². The Bertz CT molecular complexity index is 1120. The van der Waals surface area contributed by atoms with Crippen molar-refractivity contribution in [3.05, 3.63) is 54.1 Å². The molecule has 8 nitrogen and oxygen atoms in total. The van der Waals surface area contributed by atoms with E-state index in [1.165, 1.54) is 11.8 Å². The number of benzene rings is 2. The largest absolute Gasteiger partial charge is 0.497 e. The van der Waals surface area contributed by atoms with Gasteiger partial charge in [0.25, 0.3) is 0 Å². The van der Waals surface area contributed by atoms with Crippen LogP contribution in [0.25, 0.3) is 0 Å². The summed E-state index contributed by atoms with van der Waals surface area (Å²) in [7, 11) is -0.0810. The summed E-state index contributed by atoms with van der Waals surface area (Å²) >= 11 is 1.24. The van der Waals surface area contributed by atoms with E-state index in [0.717, 1.165) is 5.56 Å². The van der Waals surface area contributed by atoms with E-state index < -0.39 is 9.84 Å². The molecular formula is C22H24N2O6S2. The number of carbonyl (C=O) groups excluding carboxylic acids is 1. The molecule has 2 heterocycles. The van der Waals surface area contributed by atoms with Crippen molar-refractivity contribution >= 4 is 38.4 Å². The topological polar surface area (TPSA) is 94.5 Å². The summed E-state index contributed by atoms with van der Waals surface area (Å²) in [5.41, 5.74) is 1.59. The van der Waals surface area contributed by atoms with E-state index >= 15 is 0 Å². The van der Waals surface area contributed by atoms with Gasteiger partial charge in [-0.15, -0.1) is 0 Å². The zero-order valence-corrected chi connectivity index (χ0v) is 19.4. The second-order valence-electron chi connectivity index (χ2n) is 7.47. The van der Waals surface area contributed by atoms with E-state index in [4.69, 9.17) is 14.2 Å². The number of aliphatic imine (C=N–C) groups is 1. The van der Waals surface area contributed by atoms with Gasteiger partial charge < -0.3 is 19.1 Å². The first-order chi connectivity index (χ1) is 15.4. The van der Waals surface area contributed by atoms with E-state index in [1.807, 2.05) is 41.3 Å². The van der Waals surface area contributed by atoms with Gasteiger partial charge in [-0.1, -0.05) is 42.1 Å². The minimum atomic E-state index is -3.19. The Morgan fingerprint density at radius 2 is 1.91 bits per heavy atom.